The van der Waals surface area contributed by atoms with Gasteiger partial charge in [-0.05, 0) is 18.1 Å². The second kappa shape index (κ2) is 8.17. The molecule has 1 aromatic heterocycles. The third kappa shape index (κ3) is 4.58. The number of rotatable bonds is 8. The molecule has 0 aliphatic heterocycles. The molecule has 0 saturated carbocycles. The van der Waals surface area contributed by atoms with Gasteiger partial charge in [0, 0.05) is 12.5 Å². The highest BCUT2D eigenvalue weighted by atomic mass is 16.4. The molecule has 0 bridgehead atoms. The molecular weight excluding hydrogens is 278 g/mol. The fraction of sp³-hybridized carbons (Fsp3) is 0.333. The molecule has 0 amide bonds. The van der Waals surface area contributed by atoms with E-state index in [0.29, 0.717) is 18.1 Å². The molecule has 2 aromatic rings. The van der Waals surface area contributed by atoms with Crippen LogP contribution in [0.5, 0.6) is 0 Å². The molecule has 0 atom stereocenters. The van der Waals surface area contributed by atoms with Crippen LogP contribution in [0.1, 0.15) is 60.3 Å². The maximum absolute atomic E-state index is 11.3. The Hall–Kier alpha value is -2.36. The SMILES string of the molecule is CCCCCCc1oc(C=Cc2ccccc2)nc1C(=O)O. The zero-order valence-corrected chi connectivity index (χ0v) is 12.8. The lowest BCUT2D eigenvalue weighted by molar-refractivity contribution is 0.0688. The van der Waals surface area contributed by atoms with Gasteiger partial charge in [-0.15, -0.1) is 0 Å². The summed E-state index contributed by atoms with van der Waals surface area (Å²) in [6, 6.07) is 9.75. The van der Waals surface area contributed by atoms with Gasteiger partial charge in [0.25, 0.3) is 0 Å². The highest BCUT2D eigenvalue weighted by molar-refractivity contribution is 5.87. The quantitative estimate of drug-likeness (QED) is 0.720. The lowest BCUT2D eigenvalue weighted by Gasteiger charge is -1.97. The van der Waals surface area contributed by atoms with Crippen molar-refractivity contribution >= 4 is 18.1 Å². The van der Waals surface area contributed by atoms with Gasteiger partial charge in [0.15, 0.2) is 5.69 Å². The Kier molecular flexibility index (Phi) is 5.95. The summed E-state index contributed by atoms with van der Waals surface area (Å²) in [5.41, 5.74) is 1.05. The van der Waals surface area contributed by atoms with Crippen molar-refractivity contribution < 1.29 is 14.3 Å². The first kappa shape index (κ1) is 16.0. The standard InChI is InChI=1S/C18H21NO3/c1-2-3-4-8-11-15-17(18(20)21)19-16(22-15)13-12-14-9-6-5-7-10-14/h5-7,9-10,12-13H,2-4,8,11H2,1H3,(H,20,21). The van der Waals surface area contributed by atoms with Gasteiger partial charge in [-0.2, -0.15) is 0 Å². The van der Waals surface area contributed by atoms with Crippen LogP contribution in [-0.2, 0) is 6.42 Å². The van der Waals surface area contributed by atoms with Gasteiger partial charge in [0.2, 0.25) is 5.89 Å². The Morgan fingerprint density at radius 3 is 2.64 bits per heavy atom. The predicted octanol–water partition coefficient (Wildman–Crippen LogP) is 4.67. The highest BCUT2D eigenvalue weighted by Gasteiger charge is 2.17. The Balaban J connectivity index is 2.09. The molecule has 1 N–H and O–H groups in total. The van der Waals surface area contributed by atoms with Crippen LogP contribution in [0, 0.1) is 0 Å². The van der Waals surface area contributed by atoms with Crippen LogP contribution in [0.3, 0.4) is 0 Å². The predicted molar refractivity (Wildman–Crippen MR) is 86.7 cm³/mol. The van der Waals surface area contributed by atoms with Crippen LogP contribution in [0.15, 0.2) is 34.7 Å². The summed E-state index contributed by atoms with van der Waals surface area (Å²) in [5, 5.41) is 9.22. The van der Waals surface area contributed by atoms with E-state index in [1.807, 2.05) is 36.4 Å². The second-order valence-electron chi connectivity index (χ2n) is 5.18. The summed E-state index contributed by atoms with van der Waals surface area (Å²) < 4.78 is 5.60. The van der Waals surface area contributed by atoms with Crippen molar-refractivity contribution in [2.75, 3.05) is 0 Å². The minimum Gasteiger partial charge on any atom is -0.476 e. The molecule has 0 saturated heterocycles. The molecule has 0 unspecified atom stereocenters. The largest absolute Gasteiger partial charge is 0.476 e. The third-order valence-electron chi connectivity index (χ3n) is 3.39. The molecule has 4 nitrogen and oxygen atoms in total. The summed E-state index contributed by atoms with van der Waals surface area (Å²) in [6.45, 7) is 2.14. The van der Waals surface area contributed by atoms with Gasteiger partial charge in [-0.25, -0.2) is 9.78 Å². The maximum Gasteiger partial charge on any atom is 0.358 e. The fourth-order valence-corrected chi connectivity index (χ4v) is 2.22. The van der Waals surface area contributed by atoms with Gasteiger partial charge < -0.3 is 9.52 Å². The van der Waals surface area contributed by atoms with E-state index in [9.17, 15) is 9.90 Å². The van der Waals surface area contributed by atoms with Crippen molar-refractivity contribution in [2.24, 2.45) is 0 Å². The van der Waals surface area contributed by atoms with Crippen molar-refractivity contribution in [2.45, 2.75) is 39.0 Å². The van der Waals surface area contributed by atoms with Gasteiger partial charge in [0.1, 0.15) is 5.76 Å². The van der Waals surface area contributed by atoms with Crippen LogP contribution in [-0.4, -0.2) is 16.1 Å². The Morgan fingerprint density at radius 2 is 1.95 bits per heavy atom. The van der Waals surface area contributed by atoms with E-state index < -0.39 is 5.97 Å². The summed E-state index contributed by atoms with van der Waals surface area (Å²) >= 11 is 0. The Morgan fingerprint density at radius 1 is 1.18 bits per heavy atom. The maximum atomic E-state index is 11.3. The van der Waals surface area contributed by atoms with E-state index in [4.69, 9.17) is 4.42 Å². The zero-order valence-electron chi connectivity index (χ0n) is 12.8. The number of unbranched alkanes of at least 4 members (excludes halogenated alkanes) is 3. The number of nitrogens with zero attached hydrogens (tertiary/aromatic N) is 1. The van der Waals surface area contributed by atoms with Crippen molar-refractivity contribution in [1.82, 2.24) is 4.98 Å². The summed E-state index contributed by atoms with van der Waals surface area (Å²) in [6.07, 6.45) is 8.48. The summed E-state index contributed by atoms with van der Waals surface area (Å²) in [4.78, 5) is 15.3. The number of hydrogen-bond acceptors (Lipinski definition) is 3. The number of carboxylic acid groups (broad SMARTS) is 1. The normalized spacial score (nSPS) is 11.1. The number of aromatic carboxylic acids is 1. The van der Waals surface area contributed by atoms with E-state index >= 15 is 0 Å². The fourth-order valence-electron chi connectivity index (χ4n) is 2.22. The van der Waals surface area contributed by atoms with Gasteiger partial charge in [-0.3, -0.25) is 0 Å². The molecule has 22 heavy (non-hydrogen) atoms. The van der Waals surface area contributed by atoms with E-state index in [-0.39, 0.29) is 5.69 Å². The molecule has 1 aromatic carbocycles. The van der Waals surface area contributed by atoms with Crippen LogP contribution in [0.25, 0.3) is 12.2 Å². The smallest absolute Gasteiger partial charge is 0.358 e. The Bertz CT molecular complexity index is 629. The van der Waals surface area contributed by atoms with Crippen LogP contribution in [0.2, 0.25) is 0 Å². The van der Waals surface area contributed by atoms with Gasteiger partial charge >= 0.3 is 5.97 Å². The third-order valence-corrected chi connectivity index (χ3v) is 3.39. The molecule has 0 radical (unpaired) electrons. The van der Waals surface area contributed by atoms with Crippen molar-refractivity contribution in [3.63, 3.8) is 0 Å². The number of carbonyl (C=O) groups is 1. The van der Waals surface area contributed by atoms with Crippen molar-refractivity contribution in [3.8, 4) is 0 Å². The molecule has 2 rings (SSSR count). The first-order chi connectivity index (χ1) is 10.7. The average molecular weight is 299 g/mol. The zero-order chi connectivity index (χ0) is 15.8. The average Bonchev–Trinajstić information content (AvgIpc) is 2.94. The lowest BCUT2D eigenvalue weighted by atomic mass is 10.1. The lowest BCUT2D eigenvalue weighted by Crippen LogP contribution is -2.01. The van der Waals surface area contributed by atoms with Crippen molar-refractivity contribution in [3.05, 3.63) is 53.2 Å². The minimum atomic E-state index is -1.03. The monoisotopic (exact) mass is 299 g/mol. The van der Waals surface area contributed by atoms with E-state index in [2.05, 4.69) is 11.9 Å². The second-order valence-corrected chi connectivity index (χ2v) is 5.18. The molecule has 0 fully saturated rings. The Labute approximate surface area is 130 Å². The summed E-state index contributed by atoms with van der Waals surface area (Å²) in [5.74, 6) is -0.225. The molecule has 0 spiro atoms. The number of aryl methyl sites for hydroxylation is 1. The molecule has 116 valence electrons. The molecule has 4 heteroatoms. The number of oxazole rings is 1. The van der Waals surface area contributed by atoms with Crippen LogP contribution < -0.4 is 0 Å². The minimum absolute atomic E-state index is 0.0317. The topological polar surface area (TPSA) is 63.3 Å². The number of aromatic nitrogens is 1. The molecule has 0 aliphatic carbocycles. The first-order valence-electron chi connectivity index (χ1n) is 7.67. The number of benzene rings is 1. The van der Waals surface area contributed by atoms with Crippen LogP contribution in [0.4, 0.5) is 0 Å². The first-order valence-corrected chi connectivity index (χ1v) is 7.67. The van der Waals surface area contributed by atoms with Crippen LogP contribution >= 0.6 is 0 Å². The summed E-state index contributed by atoms with van der Waals surface area (Å²) in [7, 11) is 0. The highest BCUT2D eigenvalue weighted by Crippen LogP contribution is 2.17. The van der Waals surface area contributed by atoms with Gasteiger partial charge in [0.05, 0.1) is 0 Å². The van der Waals surface area contributed by atoms with Crippen molar-refractivity contribution in [1.29, 1.82) is 0 Å². The number of hydrogen-bond donors (Lipinski definition) is 1. The number of carboxylic acids is 1. The van der Waals surface area contributed by atoms with E-state index in [1.54, 1.807) is 6.08 Å². The van der Waals surface area contributed by atoms with E-state index in [0.717, 1.165) is 31.2 Å². The molecular formula is C18H21NO3. The van der Waals surface area contributed by atoms with Gasteiger partial charge in [-0.1, -0.05) is 56.5 Å². The molecule has 1 heterocycles. The molecule has 0 aliphatic rings. The van der Waals surface area contributed by atoms with E-state index in [1.165, 1.54) is 0 Å².